The molecule has 1 amide bonds. The van der Waals surface area contributed by atoms with Crippen LogP contribution in [-0.2, 0) is 27.8 Å². The first-order valence-electron chi connectivity index (χ1n) is 12.6. The lowest BCUT2D eigenvalue weighted by atomic mass is 9.96. The number of benzene rings is 1. The maximum atomic E-state index is 13.4. The van der Waals surface area contributed by atoms with Crippen molar-refractivity contribution in [1.29, 1.82) is 5.26 Å². The molecule has 2 aromatic rings. The number of anilines is 1. The molecule has 0 saturated carbocycles. The van der Waals surface area contributed by atoms with Gasteiger partial charge >= 0.3 is 5.97 Å². The Morgan fingerprint density at radius 1 is 1.29 bits per heavy atom. The number of piperidine rings is 1. The summed E-state index contributed by atoms with van der Waals surface area (Å²) < 4.78 is 7.17. The molecule has 4 rings (SSSR count). The van der Waals surface area contributed by atoms with Crippen molar-refractivity contribution in [2.45, 2.75) is 33.1 Å². The molecule has 2 aliphatic heterocycles. The van der Waals surface area contributed by atoms with Crippen LogP contribution in [0.1, 0.15) is 42.0 Å². The minimum Gasteiger partial charge on any atom is -0.466 e. The van der Waals surface area contributed by atoms with Crippen molar-refractivity contribution < 1.29 is 14.3 Å². The van der Waals surface area contributed by atoms with E-state index in [-0.39, 0.29) is 23.4 Å². The summed E-state index contributed by atoms with van der Waals surface area (Å²) in [5.74, 6) is -0.195. The highest BCUT2D eigenvalue weighted by molar-refractivity contribution is 8.26. The van der Waals surface area contributed by atoms with Crippen LogP contribution in [0.25, 0.3) is 6.08 Å². The van der Waals surface area contributed by atoms with Gasteiger partial charge in [-0.2, -0.15) is 5.26 Å². The summed E-state index contributed by atoms with van der Waals surface area (Å²) >= 11 is 6.76. The number of thioether (sulfide) groups is 1. The van der Waals surface area contributed by atoms with Gasteiger partial charge in [-0.05, 0) is 50.3 Å². The number of hydrogen-bond acceptors (Lipinski definition) is 8. The third-order valence-corrected chi connectivity index (χ3v) is 8.30. The SMILES string of the molecule is CCOC(=O)C1CCCN(c2c(/C=C3/SC(=S)N(CCc4ccccc4)C3=O)c(C)c(C#N)c(=O)n2C)C1. The Hall–Kier alpha value is -3.42. The molecule has 0 aliphatic carbocycles. The molecule has 1 atom stereocenters. The van der Waals surface area contributed by atoms with Gasteiger partial charge in [-0.25, -0.2) is 0 Å². The molecule has 198 valence electrons. The standard InChI is InChI=1S/C28H30N4O4S2/c1-4-36-27(35)20-11-8-13-31(17-20)24-21(18(2)22(16-29)25(33)30(24)3)15-23-26(34)32(28(37)38-23)14-12-19-9-6-5-7-10-19/h5-7,9-10,15,20H,4,8,11-14,17H2,1-3H3/b23-15+. The smallest absolute Gasteiger partial charge is 0.310 e. The number of ether oxygens (including phenoxy) is 1. The fourth-order valence-corrected chi connectivity index (χ4v) is 6.22. The average Bonchev–Trinajstić information content (AvgIpc) is 3.19. The summed E-state index contributed by atoms with van der Waals surface area (Å²) in [5.41, 5.74) is 1.84. The first kappa shape index (κ1) is 27.6. The highest BCUT2D eigenvalue weighted by atomic mass is 32.2. The maximum Gasteiger partial charge on any atom is 0.310 e. The molecule has 1 aromatic carbocycles. The zero-order chi connectivity index (χ0) is 27.4. The minimum absolute atomic E-state index is 0.0287. The summed E-state index contributed by atoms with van der Waals surface area (Å²) in [6.07, 6.45) is 3.86. The van der Waals surface area contributed by atoms with Gasteiger partial charge in [0, 0.05) is 32.2 Å². The van der Waals surface area contributed by atoms with Crippen molar-refractivity contribution in [3.63, 3.8) is 0 Å². The summed E-state index contributed by atoms with van der Waals surface area (Å²) in [6, 6.07) is 11.9. The van der Waals surface area contributed by atoms with Crippen molar-refractivity contribution in [3.05, 3.63) is 67.8 Å². The molecule has 1 aromatic heterocycles. The van der Waals surface area contributed by atoms with Gasteiger partial charge < -0.3 is 9.64 Å². The minimum atomic E-state index is -0.411. The van der Waals surface area contributed by atoms with E-state index in [2.05, 4.69) is 0 Å². The molecule has 0 N–H and O–H groups in total. The average molecular weight is 551 g/mol. The Bertz CT molecular complexity index is 1390. The Morgan fingerprint density at radius 3 is 2.71 bits per heavy atom. The number of aromatic nitrogens is 1. The Labute approximate surface area is 231 Å². The number of pyridine rings is 1. The molecule has 0 bridgehead atoms. The van der Waals surface area contributed by atoms with Crippen molar-refractivity contribution >= 4 is 52.1 Å². The van der Waals surface area contributed by atoms with Gasteiger partial charge in [-0.15, -0.1) is 0 Å². The van der Waals surface area contributed by atoms with Gasteiger partial charge in [0.25, 0.3) is 11.5 Å². The number of nitriles is 1. The first-order chi connectivity index (χ1) is 18.3. The third kappa shape index (κ3) is 5.54. The number of carbonyl (C=O) groups excluding carboxylic acids is 2. The molecule has 2 saturated heterocycles. The van der Waals surface area contributed by atoms with E-state index in [0.29, 0.717) is 65.3 Å². The van der Waals surface area contributed by atoms with Crippen molar-refractivity contribution in [1.82, 2.24) is 9.47 Å². The Balaban J connectivity index is 1.71. The number of amides is 1. The van der Waals surface area contributed by atoms with Gasteiger partial charge in [-0.1, -0.05) is 54.3 Å². The lowest BCUT2D eigenvalue weighted by molar-refractivity contribution is -0.148. The lowest BCUT2D eigenvalue weighted by Gasteiger charge is -2.35. The predicted molar refractivity (Wildman–Crippen MR) is 153 cm³/mol. The number of rotatable bonds is 7. The Kier molecular flexibility index (Phi) is 8.69. The second-order valence-corrected chi connectivity index (χ2v) is 11.0. The van der Waals surface area contributed by atoms with E-state index >= 15 is 0 Å². The first-order valence-corrected chi connectivity index (χ1v) is 13.8. The summed E-state index contributed by atoms with van der Waals surface area (Å²) in [4.78, 5) is 43.0. The monoisotopic (exact) mass is 550 g/mol. The van der Waals surface area contributed by atoms with Gasteiger partial charge in [0.15, 0.2) is 0 Å². The van der Waals surface area contributed by atoms with Crippen LogP contribution in [0.2, 0.25) is 0 Å². The van der Waals surface area contributed by atoms with Crippen LogP contribution in [0.3, 0.4) is 0 Å². The highest BCUT2D eigenvalue weighted by Crippen LogP contribution is 2.36. The zero-order valence-electron chi connectivity index (χ0n) is 21.7. The normalized spacial score (nSPS) is 18.7. The van der Waals surface area contributed by atoms with Crippen LogP contribution in [0.5, 0.6) is 0 Å². The van der Waals surface area contributed by atoms with Gasteiger partial charge in [0.05, 0.1) is 17.4 Å². The van der Waals surface area contributed by atoms with Crippen molar-refractivity contribution in [2.75, 3.05) is 31.1 Å². The molecule has 0 spiro atoms. The molecule has 1 unspecified atom stereocenters. The molecule has 3 heterocycles. The van der Waals surface area contributed by atoms with Gasteiger partial charge in [-0.3, -0.25) is 23.9 Å². The van der Waals surface area contributed by atoms with E-state index in [9.17, 15) is 19.6 Å². The van der Waals surface area contributed by atoms with E-state index in [0.717, 1.165) is 12.0 Å². The van der Waals surface area contributed by atoms with E-state index in [4.69, 9.17) is 17.0 Å². The Morgan fingerprint density at radius 2 is 2.03 bits per heavy atom. The lowest BCUT2D eigenvalue weighted by Crippen LogP contribution is -2.42. The number of thiocarbonyl (C=S) groups is 1. The molecule has 10 heteroatoms. The van der Waals surface area contributed by atoms with E-state index in [1.54, 1.807) is 31.9 Å². The molecule has 8 nitrogen and oxygen atoms in total. The summed E-state index contributed by atoms with van der Waals surface area (Å²) in [7, 11) is 1.62. The van der Waals surface area contributed by atoms with Crippen LogP contribution in [0.4, 0.5) is 5.82 Å². The zero-order valence-corrected chi connectivity index (χ0v) is 23.4. The third-order valence-electron chi connectivity index (χ3n) is 6.92. The number of esters is 1. The molecule has 0 radical (unpaired) electrons. The molecule has 38 heavy (non-hydrogen) atoms. The quantitative estimate of drug-likeness (QED) is 0.292. The fraction of sp³-hybridized carbons (Fsp3) is 0.393. The largest absolute Gasteiger partial charge is 0.466 e. The second-order valence-electron chi connectivity index (χ2n) is 9.32. The van der Waals surface area contributed by atoms with E-state index < -0.39 is 5.56 Å². The second kappa shape index (κ2) is 12.0. The number of carbonyl (C=O) groups is 2. The van der Waals surface area contributed by atoms with Crippen molar-refractivity contribution in [2.24, 2.45) is 13.0 Å². The van der Waals surface area contributed by atoms with E-state index in [1.165, 1.54) is 16.3 Å². The van der Waals surface area contributed by atoms with Gasteiger partial charge in [0.2, 0.25) is 0 Å². The molecular weight excluding hydrogens is 520 g/mol. The van der Waals surface area contributed by atoms with Crippen LogP contribution >= 0.6 is 24.0 Å². The number of nitrogens with zero attached hydrogens (tertiary/aromatic N) is 4. The topological polar surface area (TPSA) is 95.6 Å². The van der Waals surface area contributed by atoms with Crippen LogP contribution in [-0.4, -0.2) is 51.9 Å². The van der Waals surface area contributed by atoms with E-state index in [1.807, 2.05) is 41.3 Å². The highest BCUT2D eigenvalue weighted by Gasteiger charge is 2.34. The summed E-state index contributed by atoms with van der Waals surface area (Å²) in [6.45, 7) is 5.28. The molecule has 2 aliphatic rings. The number of hydrogen-bond donors (Lipinski definition) is 0. The fourth-order valence-electron chi connectivity index (χ4n) is 4.93. The molecule has 2 fully saturated rings. The maximum absolute atomic E-state index is 13.4. The van der Waals surface area contributed by atoms with Crippen molar-refractivity contribution in [3.8, 4) is 6.07 Å². The van der Waals surface area contributed by atoms with Crippen LogP contribution in [0, 0.1) is 24.2 Å². The van der Waals surface area contributed by atoms with Gasteiger partial charge in [0.1, 0.15) is 21.8 Å². The van der Waals surface area contributed by atoms with Crippen LogP contribution in [0.15, 0.2) is 40.0 Å². The molecular formula is C28H30N4O4S2. The van der Waals surface area contributed by atoms with Crippen LogP contribution < -0.4 is 10.5 Å². The predicted octanol–water partition coefficient (Wildman–Crippen LogP) is 3.79. The summed E-state index contributed by atoms with van der Waals surface area (Å²) in [5, 5.41) is 9.74.